The lowest BCUT2D eigenvalue weighted by molar-refractivity contribution is -0.0511. The second-order valence-electron chi connectivity index (χ2n) is 6.16. The van der Waals surface area contributed by atoms with Gasteiger partial charge >= 0.3 is 0 Å². The second-order valence-corrected chi connectivity index (χ2v) is 6.16. The maximum Gasteiger partial charge on any atom is 0.177 e. The van der Waals surface area contributed by atoms with Gasteiger partial charge in [0.1, 0.15) is 32.5 Å². The van der Waals surface area contributed by atoms with Crippen molar-refractivity contribution in [1.82, 2.24) is 24.5 Å². The summed E-state index contributed by atoms with van der Waals surface area (Å²) in [7, 11) is 5.59. The van der Waals surface area contributed by atoms with E-state index in [-0.39, 0.29) is 0 Å². The van der Waals surface area contributed by atoms with Crippen LogP contribution in [-0.2, 0) is 4.74 Å². The molecule has 1 saturated heterocycles. The Morgan fingerprint density at radius 2 is 2.07 bits per heavy atom. The molecule has 4 N–H and O–H groups in total. The summed E-state index contributed by atoms with van der Waals surface area (Å²) in [4.78, 5) is 16.6. The van der Waals surface area contributed by atoms with Gasteiger partial charge in [-0.15, -0.1) is 0 Å². The van der Waals surface area contributed by atoms with E-state index >= 15 is 0 Å². The van der Waals surface area contributed by atoms with Crippen molar-refractivity contribution in [3.05, 3.63) is 36.7 Å². The molecule has 4 rings (SSSR count). The standard InChI is InChI=1S/C16H16BN7O4/c17-8-1-2-9(18-3-8)4-22-23-14-11-15(20-6-19-14)24(7-21-11)16-13(27)12(26)10(5-25)28-16/h1-4,6-7,10,12-13,16,25-27H,5H2,(H,19,20,23)/b22-4+/t10-,12?,13?,16-/m1/s1. The first-order chi connectivity index (χ1) is 13.6. The van der Waals surface area contributed by atoms with Gasteiger partial charge in [0.2, 0.25) is 0 Å². The van der Waals surface area contributed by atoms with Crippen LogP contribution in [0.1, 0.15) is 11.9 Å². The molecule has 3 aromatic rings. The third-order valence-electron chi connectivity index (χ3n) is 4.33. The van der Waals surface area contributed by atoms with Crippen LogP contribution in [0.2, 0.25) is 0 Å². The van der Waals surface area contributed by atoms with Crippen LogP contribution in [0, 0.1) is 0 Å². The minimum absolute atomic E-state index is 0.335. The summed E-state index contributed by atoms with van der Waals surface area (Å²) in [5.74, 6) is 0.335. The minimum Gasteiger partial charge on any atom is -0.394 e. The van der Waals surface area contributed by atoms with Crippen molar-refractivity contribution in [2.45, 2.75) is 24.5 Å². The molecule has 1 aliphatic heterocycles. The molecule has 0 aromatic carbocycles. The number of ether oxygens (including phenoxy) is 1. The lowest BCUT2D eigenvalue weighted by Gasteiger charge is -2.16. The molecule has 0 amide bonds. The van der Waals surface area contributed by atoms with Crippen molar-refractivity contribution in [3.8, 4) is 0 Å². The number of nitrogens with zero attached hydrogens (tertiary/aromatic N) is 6. The molecule has 0 aliphatic carbocycles. The van der Waals surface area contributed by atoms with Gasteiger partial charge in [0.15, 0.2) is 23.2 Å². The lowest BCUT2D eigenvalue weighted by atomic mass is 9.99. The Labute approximate surface area is 160 Å². The molecule has 12 heteroatoms. The highest BCUT2D eigenvalue weighted by Gasteiger charge is 2.44. The maximum absolute atomic E-state index is 10.2. The van der Waals surface area contributed by atoms with Gasteiger partial charge in [0, 0.05) is 6.20 Å². The van der Waals surface area contributed by atoms with Gasteiger partial charge in [-0.25, -0.2) is 15.0 Å². The molecule has 3 aromatic heterocycles. The molecular formula is C16H16BN7O4. The molecule has 1 aliphatic rings. The highest BCUT2D eigenvalue weighted by atomic mass is 16.6. The van der Waals surface area contributed by atoms with Gasteiger partial charge in [-0.2, -0.15) is 5.10 Å². The number of fused-ring (bicyclic) bond motifs is 1. The summed E-state index contributed by atoms with van der Waals surface area (Å²) in [5, 5.41) is 33.5. The molecule has 2 unspecified atom stereocenters. The van der Waals surface area contributed by atoms with E-state index in [9.17, 15) is 15.3 Å². The zero-order valence-corrected chi connectivity index (χ0v) is 14.5. The molecule has 4 atom stereocenters. The molecular weight excluding hydrogens is 365 g/mol. The van der Waals surface area contributed by atoms with Crippen LogP contribution in [0.4, 0.5) is 5.82 Å². The van der Waals surface area contributed by atoms with Crippen LogP contribution in [0.3, 0.4) is 0 Å². The Morgan fingerprint density at radius 3 is 2.79 bits per heavy atom. The second kappa shape index (κ2) is 7.60. The molecule has 0 saturated carbocycles. The van der Waals surface area contributed by atoms with Crippen molar-refractivity contribution in [2.75, 3.05) is 12.0 Å². The number of imidazole rings is 1. The third kappa shape index (κ3) is 3.33. The summed E-state index contributed by atoms with van der Waals surface area (Å²) in [6.45, 7) is -0.420. The molecule has 4 heterocycles. The number of anilines is 1. The van der Waals surface area contributed by atoms with E-state index in [1.54, 1.807) is 12.1 Å². The average Bonchev–Trinajstić information content (AvgIpc) is 3.25. The first kappa shape index (κ1) is 18.4. The van der Waals surface area contributed by atoms with Crippen molar-refractivity contribution in [2.24, 2.45) is 5.10 Å². The van der Waals surface area contributed by atoms with Crippen LogP contribution >= 0.6 is 0 Å². The number of pyridine rings is 1. The zero-order valence-electron chi connectivity index (χ0n) is 14.5. The van der Waals surface area contributed by atoms with Crippen molar-refractivity contribution >= 4 is 36.5 Å². The van der Waals surface area contributed by atoms with Crippen molar-refractivity contribution < 1.29 is 20.1 Å². The summed E-state index contributed by atoms with van der Waals surface area (Å²) in [6, 6.07) is 3.42. The van der Waals surface area contributed by atoms with E-state index in [0.717, 1.165) is 0 Å². The van der Waals surface area contributed by atoms with Crippen molar-refractivity contribution in [1.29, 1.82) is 0 Å². The Balaban J connectivity index is 1.58. The smallest absolute Gasteiger partial charge is 0.177 e. The molecule has 0 bridgehead atoms. The van der Waals surface area contributed by atoms with E-state index in [1.165, 1.54) is 29.6 Å². The summed E-state index contributed by atoms with van der Waals surface area (Å²) < 4.78 is 6.99. The molecule has 1 fully saturated rings. The normalized spacial score (nSPS) is 25.0. The van der Waals surface area contributed by atoms with E-state index in [1.807, 2.05) is 0 Å². The summed E-state index contributed by atoms with van der Waals surface area (Å²) in [5.41, 5.74) is 4.69. The summed E-state index contributed by atoms with van der Waals surface area (Å²) in [6.07, 6.45) is 1.44. The summed E-state index contributed by atoms with van der Waals surface area (Å²) >= 11 is 0. The highest BCUT2D eigenvalue weighted by molar-refractivity contribution is 6.32. The first-order valence-electron chi connectivity index (χ1n) is 8.39. The lowest BCUT2D eigenvalue weighted by Crippen LogP contribution is -2.33. The fourth-order valence-electron chi connectivity index (χ4n) is 2.88. The van der Waals surface area contributed by atoms with Crippen LogP contribution in [0.25, 0.3) is 11.2 Å². The fourth-order valence-corrected chi connectivity index (χ4v) is 2.88. The number of nitrogens with one attached hydrogen (secondary N) is 1. The van der Waals surface area contributed by atoms with Gasteiger partial charge in [-0.1, -0.05) is 11.5 Å². The zero-order chi connectivity index (χ0) is 19.7. The maximum atomic E-state index is 10.2. The topological polar surface area (TPSA) is 151 Å². The van der Waals surface area contributed by atoms with Gasteiger partial charge in [-0.05, 0) is 6.07 Å². The van der Waals surface area contributed by atoms with Gasteiger partial charge in [0.25, 0.3) is 0 Å². The predicted molar refractivity (Wildman–Crippen MR) is 99.2 cm³/mol. The van der Waals surface area contributed by atoms with Crippen LogP contribution in [-0.4, -0.2) is 78.8 Å². The van der Waals surface area contributed by atoms with Gasteiger partial charge in [0.05, 0.1) is 24.8 Å². The number of hydrazone groups is 1. The molecule has 142 valence electrons. The monoisotopic (exact) mass is 381 g/mol. The molecule has 0 spiro atoms. The molecule has 11 nitrogen and oxygen atoms in total. The van der Waals surface area contributed by atoms with Crippen LogP contribution in [0.15, 0.2) is 36.1 Å². The minimum atomic E-state index is -1.24. The number of rotatable bonds is 5. The first-order valence-corrected chi connectivity index (χ1v) is 8.39. The quantitative estimate of drug-likeness (QED) is 0.225. The van der Waals surface area contributed by atoms with Crippen LogP contribution < -0.4 is 10.9 Å². The predicted octanol–water partition coefficient (Wildman–Crippen LogP) is -1.93. The number of aliphatic hydroxyl groups excluding tert-OH is 3. The molecule has 28 heavy (non-hydrogen) atoms. The van der Waals surface area contributed by atoms with E-state index < -0.39 is 31.1 Å². The SMILES string of the molecule is [B]c1ccc(/C=N/Nc2ncnc3c2ncn3[C@@H]2O[C@H](CO)C(O)C2O)nc1. The number of aromatic nitrogens is 5. The Bertz CT molecular complexity index is 996. The van der Waals surface area contributed by atoms with E-state index in [2.05, 4.69) is 30.5 Å². The fraction of sp³-hybridized carbons (Fsp3) is 0.312. The Kier molecular flexibility index (Phi) is 5.00. The molecule has 2 radical (unpaired) electrons. The third-order valence-corrected chi connectivity index (χ3v) is 4.33. The van der Waals surface area contributed by atoms with Crippen LogP contribution in [0.5, 0.6) is 0 Å². The number of aliphatic hydroxyl groups is 3. The van der Waals surface area contributed by atoms with Gasteiger partial charge in [-0.3, -0.25) is 15.0 Å². The van der Waals surface area contributed by atoms with Crippen molar-refractivity contribution in [3.63, 3.8) is 0 Å². The van der Waals surface area contributed by atoms with E-state index in [0.29, 0.717) is 28.1 Å². The highest BCUT2D eigenvalue weighted by Crippen LogP contribution is 2.31. The largest absolute Gasteiger partial charge is 0.394 e. The number of hydrogen-bond donors (Lipinski definition) is 4. The van der Waals surface area contributed by atoms with Gasteiger partial charge < -0.3 is 20.1 Å². The Hall–Kier alpha value is -2.93. The van der Waals surface area contributed by atoms with E-state index in [4.69, 9.17) is 12.6 Å². The average molecular weight is 381 g/mol. The number of hydrogen-bond acceptors (Lipinski definition) is 10. The Morgan fingerprint density at radius 1 is 1.21 bits per heavy atom.